The summed E-state index contributed by atoms with van der Waals surface area (Å²) in [4.78, 5) is 0. The lowest BCUT2D eigenvalue weighted by Crippen LogP contribution is -2.11. The zero-order valence-corrected chi connectivity index (χ0v) is 10.3. The number of hydrogen-bond acceptors (Lipinski definition) is 3. The molecule has 3 nitrogen and oxygen atoms in total. The minimum Gasteiger partial charge on any atom is -0.487 e. The summed E-state index contributed by atoms with van der Waals surface area (Å²) in [6.45, 7) is 1.43. The summed E-state index contributed by atoms with van der Waals surface area (Å²) in [6.07, 6.45) is -2.50. The molecule has 1 atom stereocenters. The Morgan fingerprint density at radius 3 is 2.47 bits per heavy atom. The lowest BCUT2D eigenvalue weighted by atomic mass is 10.1. The van der Waals surface area contributed by atoms with E-state index in [2.05, 4.69) is 0 Å². The summed E-state index contributed by atoms with van der Waals surface area (Å²) in [5.41, 5.74) is 12.7. The highest BCUT2D eigenvalue weighted by Gasteiger charge is 2.09. The van der Waals surface area contributed by atoms with Crippen molar-refractivity contribution in [2.24, 2.45) is 11.5 Å². The Labute approximate surface area is 106 Å². The van der Waals surface area contributed by atoms with Crippen LogP contribution in [0.5, 0.6) is 5.75 Å². The van der Waals surface area contributed by atoms with Gasteiger partial charge in [0, 0.05) is 18.2 Å². The molecule has 0 fully saturated rings. The highest BCUT2D eigenvalue weighted by Crippen LogP contribution is 2.23. The van der Waals surface area contributed by atoms with Crippen LogP contribution in [-0.4, -0.2) is 13.0 Å². The second-order valence-electron chi connectivity index (χ2n) is 3.56. The molecule has 1 aromatic rings. The van der Waals surface area contributed by atoms with E-state index < -0.39 is 13.0 Å². The number of ether oxygens (including phenoxy) is 1. The lowest BCUT2D eigenvalue weighted by Gasteiger charge is -2.13. The Hall–Kier alpha value is -0.910. The second kappa shape index (κ2) is 7.42. The number of halogens is 3. The minimum absolute atomic E-state index is 0. The molecule has 1 aromatic carbocycles. The molecule has 1 rings (SSSR count). The van der Waals surface area contributed by atoms with Gasteiger partial charge in [0.2, 0.25) is 0 Å². The number of rotatable bonds is 5. The maximum atomic E-state index is 12.0. The van der Waals surface area contributed by atoms with E-state index in [9.17, 15) is 8.78 Å². The summed E-state index contributed by atoms with van der Waals surface area (Å²) in [7, 11) is 0. The summed E-state index contributed by atoms with van der Waals surface area (Å²) in [5.74, 6) is 0.387. The topological polar surface area (TPSA) is 61.3 Å². The second-order valence-corrected chi connectivity index (χ2v) is 3.56. The van der Waals surface area contributed by atoms with Gasteiger partial charge in [0.1, 0.15) is 12.4 Å². The molecule has 98 valence electrons. The van der Waals surface area contributed by atoms with E-state index in [1.165, 1.54) is 0 Å². The van der Waals surface area contributed by atoms with E-state index in [0.717, 1.165) is 5.56 Å². The molecule has 17 heavy (non-hydrogen) atoms. The van der Waals surface area contributed by atoms with Gasteiger partial charge >= 0.3 is 0 Å². The first-order chi connectivity index (χ1) is 7.54. The van der Waals surface area contributed by atoms with E-state index in [4.69, 9.17) is 16.2 Å². The number of nitrogens with two attached hydrogens (primary N) is 2. The van der Waals surface area contributed by atoms with Crippen molar-refractivity contribution in [1.82, 2.24) is 0 Å². The van der Waals surface area contributed by atoms with E-state index >= 15 is 0 Å². The first-order valence-corrected chi connectivity index (χ1v) is 5.04. The molecule has 0 heterocycles. The van der Waals surface area contributed by atoms with Gasteiger partial charge in [-0.25, -0.2) is 8.78 Å². The van der Waals surface area contributed by atoms with Gasteiger partial charge in [0.05, 0.1) is 0 Å². The Morgan fingerprint density at radius 1 is 1.35 bits per heavy atom. The van der Waals surface area contributed by atoms with E-state index in [1.807, 2.05) is 13.0 Å². The van der Waals surface area contributed by atoms with Gasteiger partial charge in [0.15, 0.2) is 0 Å². The van der Waals surface area contributed by atoms with Crippen molar-refractivity contribution in [2.45, 2.75) is 25.9 Å². The van der Waals surface area contributed by atoms with Crippen LogP contribution in [0.25, 0.3) is 0 Å². The fourth-order valence-electron chi connectivity index (χ4n) is 1.31. The normalized spacial score (nSPS) is 12.1. The smallest absolute Gasteiger partial charge is 0.272 e. The maximum Gasteiger partial charge on any atom is 0.272 e. The molecular weight excluding hydrogens is 250 g/mol. The monoisotopic (exact) mass is 266 g/mol. The van der Waals surface area contributed by atoms with Crippen molar-refractivity contribution in [3.8, 4) is 5.75 Å². The molecule has 0 radical (unpaired) electrons. The van der Waals surface area contributed by atoms with Gasteiger partial charge in [-0.05, 0) is 18.6 Å². The van der Waals surface area contributed by atoms with Crippen molar-refractivity contribution >= 4 is 12.4 Å². The van der Waals surface area contributed by atoms with Crippen LogP contribution in [0.1, 0.15) is 24.1 Å². The van der Waals surface area contributed by atoms with Crippen LogP contribution in [0, 0.1) is 0 Å². The predicted octanol–water partition coefficient (Wildman–Crippen LogP) is 2.23. The maximum absolute atomic E-state index is 12.0. The van der Waals surface area contributed by atoms with Crippen molar-refractivity contribution in [3.05, 3.63) is 29.3 Å². The SMILES string of the molecule is CC(N)c1ccc(CN)c(OCC(F)F)c1.Cl. The highest BCUT2D eigenvalue weighted by molar-refractivity contribution is 5.85. The average Bonchev–Trinajstić information content (AvgIpc) is 2.25. The van der Waals surface area contributed by atoms with E-state index in [1.54, 1.807) is 12.1 Å². The van der Waals surface area contributed by atoms with Crippen LogP contribution >= 0.6 is 12.4 Å². The van der Waals surface area contributed by atoms with E-state index in [0.29, 0.717) is 11.3 Å². The first kappa shape index (κ1) is 16.1. The van der Waals surface area contributed by atoms with Crippen molar-refractivity contribution in [1.29, 1.82) is 0 Å². The molecule has 0 aliphatic heterocycles. The Balaban J connectivity index is 0.00000256. The summed E-state index contributed by atoms with van der Waals surface area (Å²) >= 11 is 0. The summed E-state index contributed by atoms with van der Waals surface area (Å²) < 4.78 is 29.1. The van der Waals surface area contributed by atoms with Gasteiger partial charge in [-0.1, -0.05) is 12.1 Å². The average molecular weight is 267 g/mol. The van der Waals surface area contributed by atoms with Crippen molar-refractivity contribution in [2.75, 3.05) is 6.61 Å². The molecule has 0 aromatic heterocycles. The van der Waals surface area contributed by atoms with Gasteiger partial charge in [-0.2, -0.15) is 0 Å². The fourth-order valence-corrected chi connectivity index (χ4v) is 1.31. The Kier molecular flexibility index (Phi) is 7.03. The van der Waals surface area contributed by atoms with Crippen molar-refractivity contribution < 1.29 is 13.5 Å². The zero-order chi connectivity index (χ0) is 12.1. The lowest BCUT2D eigenvalue weighted by molar-refractivity contribution is 0.0814. The van der Waals surface area contributed by atoms with Crippen LogP contribution in [0.2, 0.25) is 0 Å². The van der Waals surface area contributed by atoms with Gasteiger partial charge < -0.3 is 16.2 Å². The summed E-state index contributed by atoms with van der Waals surface area (Å²) in [5, 5.41) is 0. The van der Waals surface area contributed by atoms with Crippen LogP contribution in [0.4, 0.5) is 8.78 Å². The number of benzene rings is 1. The molecular formula is C11H17ClF2N2O. The molecule has 0 spiro atoms. The number of alkyl halides is 2. The summed E-state index contributed by atoms with van der Waals surface area (Å²) in [6, 6.07) is 5.07. The quantitative estimate of drug-likeness (QED) is 0.859. The molecule has 6 heteroatoms. The third-order valence-corrected chi connectivity index (χ3v) is 2.20. The molecule has 0 aliphatic carbocycles. The van der Waals surface area contributed by atoms with Crippen LogP contribution in [0.3, 0.4) is 0 Å². The molecule has 1 unspecified atom stereocenters. The minimum atomic E-state index is -2.50. The first-order valence-electron chi connectivity index (χ1n) is 5.04. The molecule has 0 saturated heterocycles. The zero-order valence-electron chi connectivity index (χ0n) is 9.53. The highest BCUT2D eigenvalue weighted by atomic mass is 35.5. The molecule has 0 amide bonds. The molecule has 0 aliphatic rings. The third-order valence-electron chi connectivity index (χ3n) is 2.20. The molecule has 0 bridgehead atoms. The molecule has 4 N–H and O–H groups in total. The Bertz CT molecular complexity index is 348. The number of hydrogen-bond donors (Lipinski definition) is 2. The standard InChI is InChI=1S/C11H16F2N2O.ClH/c1-7(15)8-2-3-9(5-14)10(4-8)16-6-11(12)13;/h2-4,7,11H,5-6,14-15H2,1H3;1H. The predicted molar refractivity (Wildman–Crippen MR) is 65.7 cm³/mol. The van der Waals surface area contributed by atoms with Crippen LogP contribution < -0.4 is 16.2 Å². The van der Waals surface area contributed by atoms with E-state index in [-0.39, 0.29) is 25.0 Å². The fraction of sp³-hybridized carbons (Fsp3) is 0.455. The van der Waals surface area contributed by atoms with Crippen LogP contribution in [-0.2, 0) is 6.54 Å². The van der Waals surface area contributed by atoms with Crippen molar-refractivity contribution in [3.63, 3.8) is 0 Å². The van der Waals surface area contributed by atoms with Gasteiger partial charge in [-0.3, -0.25) is 0 Å². The third kappa shape index (κ3) is 4.85. The van der Waals surface area contributed by atoms with Crippen LogP contribution in [0.15, 0.2) is 18.2 Å². The van der Waals surface area contributed by atoms with Gasteiger partial charge in [-0.15, -0.1) is 12.4 Å². The Morgan fingerprint density at radius 2 is 2.00 bits per heavy atom. The van der Waals surface area contributed by atoms with Gasteiger partial charge in [0.25, 0.3) is 6.43 Å². The molecule has 0 saturated carbocycles. The largest absolute Gasteiger partial charge is 0.487 e.